The molecule has 3 aliphatic rings. The molecule has 1 aromatic heterocycles. The molecule has 0 radical (unpaired) electrons. The fourth-order valence-corrected chi connectivity index (χ4v) is 5.60. The zero-order valence-electron chi connectivity index (χ0n) is 16.9. The molecule has 5 nitrogen and oxygen atoms in total. The van der Waals surface area contributed by atoms with E-state index in [1.165, 1.54) is 11.3 Å². The van der Waals surface area contributed by atoms with Gasteiger partial charge in [-0.1, -0.05) is 36.2 Å². The van der Waals surface area contributed by atoms with E-state index in [0.29, 0.717) is 10.7 Å². The van der Waals surface area contributed by atoms with Gasteiger partial charge in [0.15, 0.2) is 16.7 Å². The standard InChI is InChI=1S/C23H24N2O3S/c1-12-8-10-15(11-9-12)19-18-20(26)16-6-4-5-7-17(16)28-21(18)22(27)25(19)23-24-13(2)14(3)29-23/h8-11,16-17,19H,4-7H2,1-3H3. The second-order valence-corrected chi connectivity index (χ2v) is 9.46. The Hall–Kier alpha value is -2.47. The van der Waals surface area contributed by atoms with Crippen LogP contribution in [0.15, 0.2) is 35.6 Å². The summed E-state index contributed by atoms with van der Waals surface area (Å²) in [5, 5.41) is 0.629. The lowest BCUT2D eigenvalue weighted by atomic mass is 9.77. The van der Waals surface area contributed by atoms with Gasteiger partial charge in [-0.3, -0.25) is 14.5 Å². The van der Waals surface area contributed by atoms with E-state index in [9.17, 15) is 9.59 Å². The Morgan fingerprint density at radius 3 is 2.48 bits per heavy atom. The topological polar surface area (TPSA) is 59.5 Å². The summed E-state index contributed by atoms with van der Waals surface area (Å²) in [5.74, 6) is -0.0451. The van der Waals surface area contributed by atoms with Crippen LogP contribution in [0.4, 0.5) is 5.13 Å². The van der Waals surface area contributed by atoms with Gasteiger partial charge in [-0.05, 0) is 45.6 Å². The largest absolute Gasteiger partial charge is 0.483 e. The number of anilines is 1. The second kappa shape index (κ2) is 6.80. The summed E-state index contributed by atoms with van der Waals surface area (Å²) in [7, 11) is 0. The number of rotatable bonds is 2. The first kappa shape index (κ1) is 18.6. The highest BCUT2D eigenvalue weighted by atomic mass is 32.1. The molecule has 150 valence electrons. The van der Waals surface area contributed by atoms with Crippen molar-refractivity contribution in [3.05, 3.63) is 57.3 Å². The van der Waals surface area contributed by atoms with E-state index >= 15 is 0 Å². The number of nitrogens with zero attached hydrogens (tertiary/aromatic N) is 2. The van der Waals surface area contributed by atoms with Crippen molar-refractivity contribution in [2.24, 2.45) is 5.92 Å². The Morgan fingerprint density at radius 2 is 1.79 bits per heavy atom. The Labute approximate surface area is 174 Å². The fourth-order valence-electron chi connectivity index (χ4n) is 4.67. The molecule has 3 unspecified atom stereocenters. The molecule has 2 aliphatic heterocycles. The molecule has 0 saturated heterocycles. The van der Waals surface area contributed by atoms with Crippen molar-refractivity contribution < 1.29 is 14.3 Å². The van der Waals surface area contributed by atoms with Crippen LogP contribution >= 0.6 is 11.3 Å². The van der Waals surface area contributed by atoms with Crippen LogP contribution in [-0.2, 0) is 14.3 Å². The first-order valence-electron chi connectivity index (χ1n) is 10.2. The maximum absolute atomic E-state index is 13.6. The van der Waals surface area contributed by atoms with Crippen molar-refractivity contribution in [1.29, 1.82) is 0 Å². The van der Waals surface area contributed by atoms with Gasteiger partial charge in [0.25, 0.3) is 5.91 Å². The Balaban J connectivity index is 1.66. The molecule has 29 heavy (non-hydrogen) atoms. The number of aromatic nitrogens is 1. The number of hydrogen-bond acceptors (Lipinski definition) is 5. The van der Waals surface area contributed by atoms with Crippen LogP contribution in [0.2, 0.25) is 0 Å². The third kappa shape index (κ3) is 2.84. The molecule has 1 fully saturated rings. The highest BCUT2D eigenvalue weighted by Crippen LogP contribution is 2.49. The second-order valence-electron chi connectivity index (χ2n) is 8.28. The molecule has 0 N–H and O–H groups in total. The van der Waals surface area contributed by atoms with Crippen molar-refractivity contribution in [3.63, 3.8) is 0 Å². The van der Waals surface area contributed by atoms with Crippen molar-refractivity contribution in [2.45, 2.75) is 58.6 Å². The summed E-state index contributed by atoms with van der Waals surface area (Å²) in [4.78, 5) is 34.4. The number of thiazole rings is 1. The van der Waals surface area contributed by atoms with Gasteiger partial charge in [0.05, 0.1) is 23.2 Å². The zero-order valence-corrected chi connectivity index (χ0v) is 17.7. The van der Waals surface area contributed by atoms with E-state index < -0.39 is 6.04 Å². The highest BCUT2D eigenvalue weighted by molar-refractivity contribution is 7.15. The quantitative estimate of drug-likeness (QED) is 0.730. The van der Waals surface area contributed by atoms with Crippen molar-refractivity contribution in [1.82, 2.24) is 4.98 Å². The molecule has 5 rings (SSSR count). The number of amides is 1. The van der Waals surface area contributed by atoms with Crippen LogP contribution < -0.4 is 4.90 Å². The molecule has 0 bridgehead atoms. The summed E-state index contributed by atoms with van der Waals surface area (Å²) in [5.41, 5.74) is 3.49. The molecule has 1 aliphatic carbocycles. The van der Waals surface area contributed by atoms with Crippen LogP contribution in [0.25, 0.3) is 0 Å². The maximum Gasteiger partial charge on any atom is 0.296 e. The number of Topliss-reactive ketones (excluding diaryl/α,β-unsaturated/α-hetero) is 1. The third-order valence-corrected chi connectivity index (χ3v) is 7.45. The van der Waals surface area contributed by atoms with Gasteiger partial charge in [-0.15, -0.1) is 11.3 Å². The molecule has 1 amide bonds. The summed E-state index contributed by atoms with van der Waals surface area (Å²) in [6.45, 7) is 5.98. The molecule has 3 atom stereocenters. The molecule has 1 saturated carbocycles. The summed E-state index contributed by atoms with van der Waals surface area (Å²) in [6.07, 6.45) is 3.59. The summed E-state index contributed by atoms with van der Waals surface area (Å²) >= 11 is 1.49. The average Bonchev–Trinajstić information content (AvgIpc) is 3.19. The minimum atomic E-state index is -0.474. The van der Waals surface area contributed by atoms with Crippen molar-refractivity contribution >= 4 is 28.2 Å². The van der Waals surface area contributed by atoms with E-state index in [0.717, 1.165) is 47.4 Å². The van der Waals surface area contributed by atoms with Crippen LogP contribution in [0.1, 0.15) is 53.4 Å². The van der Waals surface area contributed by atoms with Gasteiger partial charge in [-0.25, -0.2) is 4.98 Å². The normalized spacial score (nSPS) is 26.4. The number of ether oxygens (including phenoxy) is 1. The molecule has 0 spiro atoms. The van der Waals surface area contributed by atoms with Gasteiger partial charge in [0.2, 0.25) is 0 Å². The van der Waals surface area contributed by atoms with E-state index in [1.807, 2.05) is 45.0 Å². The molecular weight excluding hydrogens is 384 g/mol. The van der Waals surface area contributed by atoms with Gasteiger partial charge < -0.3 is 4.74 Å². The van der Waals surface area contributed by atoms with E-state index in [-0.39, 0.29) is 29.5 Å². The molecule has 3 heterocycles. The number of benzene rings is 1. The molecule has 2 aromatic rings. The first-order valence-corrected chi connectivity index (χ1v) is 11.1. The smallest absolute Gasteiger partial charge is 0.296 e. The minimum Gasteiger partial charge on any atom is -0.483 e. The molecule has 1 aromatic carbocycles. The lowest BCUT2D eigenvalue weighted by Gasteiger charge is -2.35. The average molecular weight is 409 g/mol. The zero-order chi connectivity index (χ0) is 20.3. The van der Waals surface area contributed by atoms with Gasteiger partial charge in [0, 0.05) is 4.88 Å². The lowest BCUT2D eigenvalue weighted by molar-refractivity contribution is -0.131. The third-order valence-electron chi connectivity index (χ3n) is 6.38. The van der Waals surface area contributed by atoms with Crippen molar-refractivity contribution in [2.75, 3.05) is 4.90 Å². The first-order chi connectivity index (χ1) is 14.0. The minimum absolute atomic E-state index is 0.0855. The van der Waals surface area contributed by atoms with Crippen molar-refractivity contribution in [3.8, 4) is 0 Å². The predicted molar refractivity (Wildman–Crippen MR) is 112 cm³/mol. The van der Waals surface area contributed by atoms with Crippen LogP contribution in [0.5, 0.6) is 0 Å². The highest BCUT2D eigenvalue weighted by Gasteiger charge is 2.53. The van der Waals surface area contributed by atoms with Crippen LogP contribution in [0, 0.1) is 26.7 Å². The number of aryl methyl sites for hydroxylation is 3. The Bertz CT molecular complexity index is 1020. The monoisotopic (exact) mass is 408 g/mol. The number of hydrogen-bond donors (Lipinski definition) is 0. The van der Waals surface area contributed by atoms with Gasteiger partial charge >= 0.3 is 0 Å². The summed E-state index contributed by atoms with van der Waals surface area (Å²) < 4.78 is 6.21. The van der Waals surface area contributed by atoms with Crippen LogP contribution in [0.3, 0.4) is 0 Å². The van der Waals surface area contributed by atoms with E-state index in [4.69, 9.17) is 4.74 Å². The van der Waals surface area contributed by atoms with Gasteiger partial charge in [0.1, 0.15) is 6.10 Å². The summed E-state index contributed by atoms with van der Waals surface area (Å²) in [6, 6.07) is 7.57. The maximum atomic E-state index is 13.6. The molecular formula is C23H24N2O3S. The number of ketones is 1. The Morgan fingerprint density at radius 1 is 1.07 bits per heavy atom. The van der Waals surface area contributed by atoms with E-state index in [1.54, 1.807) is 4.90 Å². The fraction of sp³-hybridized carbons (Fsp3) is 0.435. The predicted octanol–water partition coefficient (Wildman–Crippen LogP) is 4.57. The number of fused-ring (bicyclic) bond motifs is 1. The number of carbonyl (C=O) groups is 2. The lowest BCUT2D eigenvalue weighted by Crippen LogP contribution is -2.39. The SMILES string of the molecule is Cc1ccc(C2C3=C(OC4CCCCC4C3=O)C(=O)N2c2nc(C)c(C)s2)cc1. The Kier molecular flexibility index (Phi) is 4.35. The molecule has 6 heteroatoms. The van der Waals surface area contributed by atoms with E-state index in [2.05, 4.69) is 4.98 Å². The van der Waals surface area contributed by atoms with Crippen LogP contribution in [-0.4, -0.2) is 22.8 Å². The number of carbonyl (C=O) groups excluding carboxylic acids is 2. The van der Waals surface area contributed by atoms with Gasteiger partial charge in [-0.2, -0.15) is 0 Å².